The van der Waals surface area contributed by atoms with Crippen molar-refractivity contribution in [2.75, 3.05) is 0 Å². The summed E-state index contributed by atoms with van der Waals surface area (Å²) in [6.07, 6.45) is 22.9. The van der Waals surface area contributed by atoms with Crippen molar-refractivity contribution in [3.05, 3.63) is 6.42 Å². The fourth-order valence-electron chi connectivity index (χ4n) is 10.2. The lowest BCUT2D eigenvalue weighted by Gasteiger charge is -2.61. The van der Waals surface area contributed by atoms with Gasteiger partial charge in [0.1, 0.15) is 0 Å². The van der Waals surface area contributed by atoms with Gasteiger partial charge in [-0.3, -0.25) is 0 Å². The Morgan fingerprint density at radius 1 is 0.692 bits per heavy atom. The van der Waals surface area contributed by atoms with Gasteiger partial charge in [0.25, 0.3) is 0 Å². The van der Waals surface area contributed by atoms with Crippen LogP contribution in [0.3, 0.4) is 0 Å². The molecule has 145 valence electrons. The fraction of sp³-hybridized carbons (Fsp3) is 0.962. The first-order valence-corrected chi connectivity index (χ1v) is 12.4. The van der Waals surface area contributed by atoms with E-state index in [0.29, 0.717) is 0 Å². The van der Waals surface area contributed by atoms with Crippen LogP contribution in [0.25, 0.3) is 0 Å². The Kier molecular flexibility index (Phi) is 3.75. The molecule has 6 fully saturated rings. The number of rotatable bonds is 1. The molecule has 6 aliphatic rings. The highest BCUT2D eigenvalue weighted by atomic mass is 14.7. The minimum Gasteiger partial charge on any atom is -0.0594 e. The van der Waals surface area contributed by atoms with Crippen LogP contribution in [-0.2, 0) is 0 Å². The second-order valence-electron chi connectivity index (χ2n) is 12.2. The normalized spacial score (nSPS) is 57.5. The van der Waals surface area contributed by atoms with Crippen LogP contribution in [0.4, 0.5) is 0 Å². The lowest BCUT2D eigenvalue weighted by Crippen LogP contribution is -2.54. The van der Waals surface area contributed by atoms with Crippen LogP contribution < -0.4 is 0 Å². The predicted molar refractivity (Wildman–Crippen MR) is 108 cm³/mol. The Labute approximate surface area is 162 Å². The SMILES string of the molecule is CC1(C2CCC3CCC4C5CCC6C[CH]CCC6C5CCC4C32C)CC1. The minimum atomic E-state index is 0.719. The molecule has 0 aromatic rings. The molecule has 9 atom stereocenters. The van der Waals surface area contributed by atoms with E-state index >= 15 is 0 Å². The highest BCUT2D eigenvalue weighted by molar-refractivity contribution is 5.13. The van der Waals surface area contributed by atoms with E-state index in [4.69, 9.17) is 0 Å². The smallest absolute Gasteiger partial charge is 0.0233 e. The molecule has 0 amide bonds. The molecular formula is C26H41. The summed E-state index contributed by atoms with van der Waals surface area (Å²) >= 11 is 0. The largest absolute Gasteiger partial charge is 0.0594 e. The summed E-state index contributed by atoms with van der Waals surface area (Å²) in [5, 5.41) is 0. The summed E-state index contributed by atoms with van der Waals surface area (Å²) in [5.41, 5.74) is 1.47. The lowest BCUT2D eigenvalue weighted by molar-refractivity contribution is -0.118. The van der Waals surface area contributed by atoms with E-state index in [2.05, 4.69) is 20.3 Å². The van der Waals surface area contributed by atoms with Gasteiger partial charge in [-0.2, -0.15) is 0 Å². The van der Waals surface area contributed by atoms with E-state index in [9.17, 15) is 0 Å². The van der Waals surface area contributed by atoms with Crippen LogP contribution in [0, 0.1) is 64.6 Å². The fourth-order valence-corrected chi connectivity index (χ4v) is 10.2. The number of hydrogen-bond donors (Lipinski definition) is 0. The van der Waals surface area contributed by atoms with E-state index < -0.39 is 0 Å². The third kappa shape index (κ3) is 2.20. The summed E-state index contributed by atoms with van der Waals surface area (Å²) < 4.78 is 0. The van der Waals surface area contributed by atoms with Gasteiger partial charge in [0.05, 0.1) is 0 Å². The van der Waals surface area contributed by atoms with Crippen LogP contribution >= 0.6 is 0 Å². The minimum absolute atomic E-state index is 0.719. The maximum Gasteiger partial charge on any atom is -0.0233 e. The molecule has 26 heavy (non-hydrogen) atoms. The third-order valence-electron chi connectivity index (χ3n) is 11.6. The predicted octanol–water partition coefficient (Wildman–Crippen LogP) is 7.29. The first-order valence-electron chi connectivity index (χ1n) is 12.4. The Hall–Kier alpha value is 0. The van der Waals surface area contributed by atoms with Gasteiger partial charge in [-0.1, -0.05) is 13.8 Å². The van der Waals surface area contributed by atoms with E-state index in [1.54, 1.807) is 70.6 Å². The summed E-state index contributed by atoms with van der Waals surface area (Å²) in [5.74, 6) is 8.82. The molecular weight excluding hydrogens is 312 g/mol. The van der Waals surface area contributed by atoms with E-state index in [1.165, 1.54) is 12.8 Å². The second kappa shape index (κ2) is 5.76. The molecule has 1 radical (unpaired) electrons. The standard InChI is InChI=1S/C26H41/c1-25(15-16-25)24-14-9-18-8-11-22-21-10-7-17-5-3-4-6-19(17)20(21)12-13-23(22)26(18,24)2/h3,17-24H,4-16H2,1-2H3. The molecule has 0 saturated heterocycles. The molecule has 0 spiro atoms. The zero-order valence-corrected chi connectivity index (χ0v) is 17.4. The maximum atomic E-state index is 2.82. The molecule has 9 unspecified atom stereocenters. The molecule has 6 rings (SSSR count). The molecule has 0 nitrogen and oxygen atoms in total. The van der Waals surface area contributed by atoms with Crippen LogP contribution in [0.5, 0.6) is 0 Å². The Balaban J connectivity index is 1.30. The van der Waals surface area contributed by atoms with Gasteiger partial charge in [0.15, 0.2) is 0 Å². The van der Waals surface area contributed by atoms with Gasteiger partial charge in [-0.25, -0.2) is 0 Å². The van der Waals surface area contributed by atoms with Gasteiger partial charge in [-0.05, 0) is 148 Å². The van der Waals surface area contributed by atoms with Crippen molar-refractivity contribution in [3.8, 4) is 0 Å². The molecule has 0 heterocycles. The highest BCUT2D eigenvalue weighted by Gasteiger charge is 2.64. The first kappa shape index (κ1) is 16.9. The average molecular weight is 354 g/mol. The van der Waals surface area contributed by atoms with Gasteiger partial charge >= 0.3 is 0 Å². The molecule has 6 saturated carbocycles. The third-order valence-corrected chi connectivity index (χ3v) is 11.6. The summed E-state index contributed by atoms with van der Waals surface area (Å²) in [4.78, 5) is 0. The molecule has 6 aliphatic carbocycles. The zero-order chi connectivity index (χ0) is 17.5. The first-order chi connectivity index (χ1) is 12.6. The summed E-state index contributed by atoms with van der Waals surface area (Å²) in [6.45, 7) is 5.47. The number of fused-ring (bicyclic) bond motifs is 7. The van der Waals surface area contributed by atoms with Crippen LogP contribution in [0.15, 0.2) is 0 Å². The van der Waals surface area contributed by atoms with Gasteiger partial charge < -0.3 is 0 Å². The topological polar surface area (TPSA) is 0 Å². The van der Waals surface area contributed by atoms with Gasteiger partial charge in [0, 0.05) is 0 Å². The van der Waals surface area contributed by atoms with E-state index in [-0.39, 0.29) is 0 Å². The second-order valence-corrected chi connectivity index (χ2v) is 12.2. The molecule has 0 aromatic carbocycles. The van der Waals surface area contributed by atoms with Crippen molar-refractivity contribution in [3.63, 3.8) is 0 Å². The van der Waals surface area contributed by atoms with Crippen molar-refractivity contribution in [1.29, 1.82) is 0 Å². The lowest BCUT2D eigenvalue weighted by atomic mass is 9.44. The van der Waals surface area contributed by atoms with Crippen molar-refractivity contribution in [2.24, 2.45) is 58.2 Å². The summed E-state index contributed by atoms with van der Waals surface area (Å²) in [7, 11) is 0. The maximum absolute atomic E-state index is 2.82. The van der Waals surface area contributed by atoms with Gasteiger partial charge in [0.2, 0.25) is 0 Å². The van der Waals surface area contributed by atoms with Crippen molar-refractivity contribution in [1.82, 2.24) is 0 Å². The average Bonchev–Trinajstić information content (AvgIpc) is 3.30. The van der Waals surface area contributed by atoms with Crippen molar-refractivity contribution >= 4 is 0 Å². The highest BCUT2D eigenvalue weighted by Crippen LogP contribution is 2.72. The molecule has 0 N–H and O–H groups in total. The quantitative estimate of drug-likeness (QED) is 0.464. The van der Waals surface area contributed by atoms with Crippen LogP contribution in [0.1, 0.15) is 97.3 Å². The van der Waals surface area contributed by atoms with Crippen LogP contribution in [0.2, 0.25) is 0 Å². The van der Waals surface area contributed by atoms with Gasteiger partial charge in [-0.15, -0.1) is 0 Å². The van der Waals surface area contributed by atoms with E-state index in [1.807, 2.05) is 0 Å². The van der Waals surface area contributed by atoms with Crippen LogP contribution in [-0.4, -0.2) is 0 Å². The monoisotopic (exact) mass is 353 g/mol. The van der Waals surface area contributed by atoms with E-state index in [0.717, 1.165) is 58.2 Å². The molecule has 0 aliphatic heterocycles. The van der Waals surface area contributed by atoms with Crippen molar-refractivity contribution in [2.45, 2.75) is 97.3 Å². The van der Waals surface area contributed by atoms with Crippen molar-refractivity contribution < 1.29 is 0 Å². The Morgan fingerprint density at radius 2 is 1.42 bits per heavy atom. The molecule has 0 aromatic heterocycles. The molecule has 0 bridgehead atoms. The Morgan fingerprint density at radius 3 is 2.27 bits per heavy atom. The zero-order valence-electron chi connectivity index (χ0n) is 17.4. The number of hydrogen-bond acceptors (Lipinski definition) is 0. The summed E-state index contributed by atoms with van der Waals surface area (Å²) in [6, 6.07) is 0. The molecule has 0 heteroatoms. The Bertz CT molecular complexity index is 558.